The minimum atomic E-state index is -1.42. The number of amides is 1. The Hall–Kier alpha value is -0.730. The molecule has 0 spiro atoms. The summed E-state index contributed by atoms with van der Waals surface area (Å²) in [6.07, 6.45) is -5.93. The molecule has 0 aromatic heterocycles. The Labute approximate surface area is 98.8 Å². The van der Waals surface area contributed by atoms with Crippen LogP contribution in [0.25, 0.3) is 0 Å². The Morgan fingerprint density at radius 2 is 1.88 bits per heavy atom. The van der Waals surface area contributed by atoms with E-state index in [9.17, 15) is 20.1 Å². The maximum Gasteiger partial charge on any atom is 0.217 e. The molecule has 2 unspecified atom stereocenters. The van der Waals surface area contributed by atoms with E-state index in [0.717, 1.165) is 0 Å². The van der Waals surface area contributed by atoms with Crippen LogP contribution >= 0.6 is 0 Å². The van der Waals surface area contributed by atoms with Crippen LogP contribution in [0, 0.1) is 5.92 Å². The minimum absolute atomic E-state index is 0.0112. The molecule has 1 heterocycles. The van der Waals surface area contributed by atoms with Crippen LogP contribution in [0.4, 0.5) is 0 Å². The number of aliphatic hydroxyl groups excluding tert-OH is 4. The van der Waals surface area contributed by atoms with Crippen molar-refractivity contribution in [2.45, 2.75) is 43.9 Å². The number of rotatable bonds is 4. The molecule has 100 valence electrons. The highest BCUT2D eigenvalue weighted by molar-refractivity contribution is 5.74. The van der Waals surface area contributed by atoms with Gasteiger partial charge in [0.2, 0.25) is 5.91 Å². The minimum Gasteiger partial charge on any atom is -0.394 e. The largest absolute Gasteiger partial charge is 0.394 e. The van der Waals surface area contributed by atoms with Crippen molar-refractivity contribution in [1.82, 2.24) is 0 Å². The van der Waals surface area contributed by atoms with E-state index >= 15 is 0 Å². The fourth-order valence-corrected chi connectivity index (χ4v) is 2.03. The van der Waals surface area contributed by atoms with E-state index in [1.807, 2.05) is 0 Å². The van der Waals surface area contributed by atoms with Gasteiger partial charge in [0.25, 0.3) is 0 Å². The van der Waals surface area contributed by atoms with E-state index in [0.29, 0.717) is 0 Å². The van der Waals surface area contributed by atoms with Gasteiger partial charge in [0.15, 0.2) is 0 Å². The Kier molecular flexibility index (Phi) is 4.84. The zero-order valence-corrected chi connectivity index (χ0v) is 9.56. The van der Waals surface area contributed by atoms with Crippen LogP contribution in [-0.2, 0) is 9.53 Å². The molecule has 1 fully saturated rings. The number of hydrogen-bond acceptors (Lipinski definition) is 6. The molecule has 1 aliphatic heterocycles. The van der Waals surface area contributed by atoms with Gasteiger partial charge in [-0.2, -0.15) is 0 Å². The van der Waals surface area contributed by atoms with Crippen molar-refractivity contribution in [1.29, 1.82) is 0 Å². The van der Waals surface area contributed by atoms with Gasteiger partial charge in [-0.15, -0.1) is 0 Å². The summed E-state index contributed by atoms with van der Waals surface area (Å²) in [6, 6.07) is 0. The predicted octanol–water partition coefficient (Wildman–Crippen LogP) is -2.66. The zero-order valence-electron chi connectivity index (χ0n) is 9.56. The van der Waals surface area contributed by atoms with E-state index < -0.39 is 49.0 Å². The maximum absolute atomic E-state index is 10.8. The van der Waals surface area contributed by atoms with Gasteiger partial charge in [-0.1, -0.05) is 6.92 Å². The molecule has 1 aliphatic rings. The zero-order chi connectivity index (χ0) is 13.2. The average molecular weight is 249 g/mol. The number of primary amides is 1. The van der Waals surface area contributed by atoms with Crippen LogP contribution in [0.2, 0.25) is 0 Å². The molecule has 0 aromatic rings. The first kappa shape index (κ1) is 14.3. The lowest BCUT2D eigenvalue weighted by atomic mass is 9.87. The summed E-state index contributed by atoms with van der Waals surface area (Å²) < 4.78 is 5.28. The van der Waals surface area contributed by atoms with Gasteiger partial charge in [-0.05, 0) is 5.92 Å². The fraction of sp³-hybridized carbons (Fsp3) is 0.900. The first-order chi connectivity index (χ1) is 7.88. The lowest BCUT2D eigenvalue weighted by Crippen LogP contribution is -2.60. The van der Waals surface area contributed by atoms with E-state index in [1.54, 1.807) is 6.92 Å². The normalized spacial score (nSPS) is 39.9. The Morgan fingerprint density at radius 1 is 1.29 bits per heavy atom. The molecule has 7 nitrogen and oxygen atoms in total. The van der Waals surface area contributed by atoms with Gasteiger partial charge in [0.05, 0.1) is 12.7 Å². The summed E-state index contributed by atoms with van der Waals surface area (Å²) in [5.41, 5.74) is 5.04. The number of hydrogen-bond donors (Lipinski definition) is 5. The molecule has 0 aromatic carbocycles. The fourth-order valence-electron chi connectivity index (χ4n) is 2.03. The molecule has 1 rings (SSSR count). The highest BCUT2D eigenvalue weighted by atomic mass is 16.5. The van der Waals surface area contributed by atoms with E-state index in [2.05, 4.69) is 0 Å². The SMILES string of the molecule is CC(CC(N)=O)C1O[C@H](CO)[C@H](O)[C@H](O)[C@H]1O. The molecule has 1 saturated heterocycles. The second-order valence-corrected chi connectivity index (χ2v) is 4.44. The third kappa shape index (κ3) is 3.14. The molecule has 17 heavy (non-hydrogen) atoms. The van der Waals surface area contributed by atoms with Crippen molar-refractivity contribution in [2.24, 2.45) is 11.7 Å². The predicted molar refractivity (Wildman–Crippen MR) is 56.7 cm³/mol. The topological polar surface area (TPSA) is 133 Å². The lowest BCUT2D eigenvalue weighted by Gasteiger charge is -2.42. The summed E-state index contributed by atoms with van der Waals surface area (Å²) >= 11 is 0. The second-order valence-electron chi connectivity index (χ2n) is 4.44. The van der Waals surface area contributed by atoms with Crippen molar-refractivity contribution < 1.29 is 30.0 Å². The van der Waals surface area contributed by atoms with Crippen LogP contribution in [0.3, 0.4) is 0 Å². The Balaban J connectivity index is 2.74. The first-order valence-corrected chi connectivity index (χ1v) is 5.47. The van der Waals surface area contributed by atoms with Gasteiger partial charge in [-0.3, -0.25) is 4.79 Å². The Morgan fingerprint density at radius 3 is 2.35 bits per heavy atom. The highest BCUT2D eigenvalue weighted by Crippen LogP contribution is 2.27. The number of ether oxygens (including phenoxy) is 1. The van der Waals surface area contributed by atoms with E-state index in [1.165, 1.54) is 0 Å². The van der Waals surface area contributed by atoms with Crippen molar-refractivity contribution in [3.63, 3.8) is 0 Å². The molecule has 6 atom stereocenters. The molecule has 1 amide bonds. The molecule has 0 radical (unpaired) electrons. The summed E-state index contributed by atoms with van der Waals surface area (Å²) in [5.74, 6) is -0.965. The third-order valence-electron chi connectivity index (χ3n) is 3.01. The van der Waals surface area contributed by atoms with Crippen molar-refractivity contribution >= 4 is 5.91 Å². The van der Waals surface area contributed by atoms with Crippen LogP contribution in [0.5, 0.6) is 0 Å². The molecule has 6 N–H and O–H groups in total. The highest BCUT2D eigenvalue weighted by Gasteiger charge is 2.45. The number of nitrogens with two attached hydrogens (primary N) is 1. The Bertz CT molecular complexity index is 272. The summed E-state index contributed by atoms with van der Waals surface area (Å²) in [6.45, 7) is 1.16. The molecule has 0 aliphatic carbocycles. The summed E-state index contributed by atoms with van der Waals surface area (Å²) in [7, 11) is 0. The van der Waals surface area contributed by atoms with Gasteiger partial charge >= 0.3 is 0 Å². The lowest BCUT2D eigenvalue weighted by molar-refractivity contribution is -0.239. The molecule has 7 heteroatoms. The standard InChI is InChI=1S/C10H19NO6/c1-4(2-6(11)13)10-9(16)8(15)7(14)5(3-12)17-10/h4-5,7-10,12,14-16H,2-3H2,1H3,(H2,11,13)/t4?,5-,7+,8+,9-,10?/m1/s1. The first-order valence-electron chi connectivity index (χ1n) is 5.47. The number of carbonyl (C=O) groups excluding carboxylic acids is 1. The van der Waals surface area contributed by atoms with Gasteiger partial charge in [-0.25, -0.2) is 0 Å². The van der Waals surface area contributed by atoms with Crippen LogP contribution < -0.4 is 5.73 Å². The second kappa shape index (κ2) is 5.74. The quantitative estimate of drug-likeness (QED) is 0.369. The van der Waals surface area contributed by atoms with Gasteiger partial charge in [0.1, 0.15) is 24.4 Å². The van der Waals surface area contributed by atoms with Crippen LogP contribution in [-0.4, -0.2) is 63.5 Å². The third-order valence-corrected chi connectivity index (χ3v) is 3.01. The number of carbonyl (C=O) groups is 1. The summed E-state index contributed by atoms with van der Waals surface area (Å²) in [5, 5.41) is 37.8. The van der Waals surface area contributed by atoms with E-state index in [-0.39, 0.29) is 6.42 Å². The van der Waals surface area contributed by atoms with Crippen molar-refractivity contribution in [2.75, 3.05) is 6.61 Å². The average Bonchev–Trinajstić information content (AvgIpc) is 2.25. The van der Waals surface area contributed by atoms with Crippen molar-refractivity contribution in [3.8, 4) is 0 Å². The molecular weight excluding hydrogens is 230 g/mol. The monoisotopic (exact) mass is 249 g/mol. The molecule has 0 saturated carbocycles. The van der Waals surface area contributed by atoms with Gasteiger partial charge < -0.3 is 30.9 Å². The summed E-state index contributed by atoms with van der Waals surface area (Å²) in [4.78, 5) is 10.8. The maximum atomic E-state index is 10.8. The van der Waals surface area contributed by atoms with Gasteiger partial charge in [0, 0.05) is 6.42 Å². The van der Waals surface area contributed by atoms with E-state index in [4.69, 9.17) is 15.6 Å². The van der Waals surface area contributed by atoms with Crippen LogP contribution in [0.1, 0.15) is 13.3 Å². The smallest absolute Gasteiger partial charge is 0.217 e. The van der Waals surface area contributed by atoms with Crippen LogP contribution in [0.15, 0.2) is 0 Å². The number of aliphatic hydroxyl groups is 4. The van der Waals surface area contributed by atoms with Crippen molar-refractivity contribution in [3.05, 3.63) is 0 Å². The molecular formula is C10H19NO6. The molecule has 0 bridgehead atoms.